The quantitative estimate of drug-likeness (QED) is 0.770. The Morgan fingerprint density at radius 2 is 2.21 bits per heavy atom. The summed E-state index contributed by atoms with van der Waals surface area (Å²) >= 11 is 0. The molecule has 6 heteroatoms. The zero-order chi connectivity index (χ0) is 13.1. The third kappa shape index (κ3) is 2.68. The molecule has 0 unspecified atom stereocenters. The van der Waals surface area contributed by atoms with Crippen LogP contribution in [0.2, 0.25) is 0 Å². The summed E-state index contributed by atoms with van der Waals surface area (Å²) in [6, 6.07) is 5.85. The van der Waals surface area contributed by atoms with Crippen LogP contribution in [0.4, 0.5) is 0 Å². The Labute approximate surface area is 111 Å². The van der Waals surface area contributed by atoms with Gasteiger partial charge in [0.15, 0.2) is 11.6 Å². The van der Waals surface area contributed by atoms with E-state index in [1.807, 2.05) is 25.1 Å². The van der Waals surface area contributed by atoms with Crippen molar-refractivity contribution in [2.75, 3.05) is 13.1 Å². The van der Waals surface area contributed by atoms with Gasteiger partial charge < -0.3 is 0 Å². The molecule has 0 fully saturated rings. The Morgan fingerprint density at radius 1 is 1.26 bits per heavy atom. The van der Waals surface area contributed by atoms with E-state index in [1.165, 1.54) is 0 Å². The van der Waals surface area contributed by atoms with Crippen molar-refractivity contribution in [1.82, 2.24) is 30.1 Å². The molecule has 0 saturated heterocycles. The predicted octanol–water partition coefficient (Wildman–Crippen LogP) is 1.13. The molecule has 3 heterocycles. The molecule has 19 heavy (non-hydrogen) atoms. The molecule has 0 saturated carbocycles. The molecule has 2 aromatic rings. The van der Waals surface area contributed by atoms with Gasteiger partial charge in [-0.1, -0.05) is 18.2 Å². The lowest BCUT2D eigenvalue weighted by molar-refractivity contribution is 0.280. The van der Waals surface area contributed by atoms with E-state index in [9.17, 15) is 0 Å². The van der Waals surface area contributed by atoms with Gasteiger partial charge >= 0.3 is 0 Å². The highest BCUT2D eigenvalue weighted by molar-refractivity contribution is 5.23. The summed E-state index contributed by atoms with van der Waals surface area (Å²) in [6.45, 7) is 4.70. The number of nitrogens with zero attached hydrogens (tertiary/aromatic N) is 6. The van der Waals surface area contributed by atoms with Crippen LogP contribution in [0.3, 0.4) is 0 Å². The minimum absolute atomic E-state index is 0.743. The third-order valence-corrected chi connectivity index (χ3v) is 3.13. The molecule has 1 aliphatic rings. The van der Waals surface area contributed by atoms with Gasteiger partial charge in [-0.3, -0.25) is 4.90 Å². The minimum atomic E-state index is 0.743. The van der Waals surface area contributed by atoms with Gasteiger partial charge in [0, 0.05) is 18.8 Å². The predicted molar refractivity (Wildman–Crippen MR) is 70.7 cm³/mol. The smallest absolute Gasteiger partial charge is 0.172 e. The highest BCUT2D eigenvalue weighted by Gasteiger charge is 2.14. The van der Waals surface area contributed by atoms with E-state index in [4.69, 9.17) is 0 Å². The zero-order valence-electron chi connectivity index (χ0n) is 10.9. The van der Waals surface area contributed by atoms with E-state index in [1.54, 1.807) is 4.68 Å². The molecule has 0 radical (unpaired) electrons. The maximum atomic E-state index is 4.46. The van der Waals surface area contributed by atoms with Crippen LogP contribution in [0.25, 0.3) is 5.82 Å². The average molecular weight is 256 g/mol. The third-order valence-electron chi connectivity index (χ3n) is 3.13. The van der Waals surface area contributed by atoms with Crippen molar-refractivity contribution in [3.05, 3.63) is 41.9 Å². The van der Waals surface area contributed by atoms with Crippen LogP contribution in [0.5, 0.6) is 0 Å². The lowest BCUT2D eigenvalue weighted by Crippen LogP contribution is -2.28. The molecule has 0 aromatic carbocycles. The Balaban J connectivity index is 1.84. The Morgan fingerprint density at radius 3 is 3.00 bits per heavy atom. The zero-order valence-corrected chi connectivity index (χ0v) is 10.9. The molecule has 98 valence electrons. The summed E-state index contributed by atoms with van der Waals surface area (Å²) in [7, 11) is 0. The highest BCUT2D eigenvalue weighted by Crippen LogP contribution is 2.10. The first-order valence-electron chi connectivity index (χ1n) is 6.41. The molecule has 0 spiro atoms. The summed E-state index contributed by atoms with van der Waals surface area (Å²) in [6.07, 6.45) is 5.48. The Bertz CT molecular complexity index is 588. The van der Waals surface area contributed by atoms with Crippen LogP contribution in [0.15, 0.2) is 30.4 Å². The summed E-state index contributed by atoms with van der Waals surface area (Å²) in [5.74, 6) is 1.60. The number of pyridine rings is 1. The monoisotopic (exact) mass is 256 g/mol. The first-order valence-corrected chi connectivity index (χ1v) is 6.41. The maximum Gasteiger partial charge on any atom is 0.172 e. The van der Waals surface area contributed by atoms with Gasteiger partial charge in [-0.2, -0.15) is 4.68 Å². The minimum Gasteiger partial charge on any atom is -0.292 e. The summed E-state index contributed by atoms with van der Waals surface area (Å²) in [4.78, 5) is 6.77. The van der Waals surface area contributed by atoms with Crippen LogP contribution in [0.1, 0.15) is 17.9 Å². The van der Waals surface area contributed by atoms with E-state index < -0.39 is 0 Å². The average Bonchev–Trinajstić information content (AvgIpc) is 2.88. The summed E-state index contributed by atoms with van der Waals surface area (Å²) in [5, 5.41) is 11.9. The lowest BCUT2D eigenvalue weighted by Gasteiger charge is -2.21. The van der Waals surface area contributed by atoms with Gasteiger partial charge in [-0.25, -0.2) is 4.98 Å². The van der Waals surface area contributed by atoms with Crippen LogP contribution in [0, 0.1) is 6.92 Å². The van der Waals surface area contributed by atoms with Gasteiger partial charge in [-0.15, -0.1) is 5.10 Å². The Kier molecular flexibility index (Phi) is 3.33. The first kappa shape index (κ1) is 12.0. The van der Waals surface area contributed by atoms with Crippen LogP contribution in [-0.2, 0) is 6.54 Å². The second kappa shape index (κ2) is 5.27. The molecule has 3 rings (SSSR count). The molecule has 0 N–H and O–H groups in total. The number of aryl methyl sites for hydroxylation is 1. The number of tetrazole rings is 1. The Hall–Kier alpha value is -2.08. The molecule has 0 atom stereocenters. The van der Waals surface area contributed by atoms with Crippen molar-refractivity contribution < 1.29 is 0 Å². The fourth-order valence-corrected chi connectivity index (χ4v) is 2.16. The standard InChI is InChI=1S/C13H16N6/c1-11-6-5-7-12(14-11)19-13(15-16-17-19)10-18-8-3-2-4-9-18/h2-3,5-7H,4,8-10H2,1H3. The molecular formula is C13H16N6. The lowest BCUT2D eigenvalue weighted by atomic mass is 10.2. The maximum absolute atomic E-state index is 4.46. The van der Waals surface area contributed by atoms with Crippen molar-refractivity contribution in [1.29, 1.82) is 0 Å². The number of hydrogen-bond donors (Lipinski definition) is 0. The second-order valence-electron chi connectivity index (χ2n) is 4.64. The molecule has 1 aliphatic heterocycles. The summed E-state index contributed by atoms with van der Waals surface area (Å²) < 4.78 is 1.71. The van der Waals surface area contributed by atoms with Crippen molar-refractivity contribution >= 4 is 0 Å². The van der Waals surface area contributed by atoms with Gasteiger partial charge in [0.2, 0.25) is 0 Å². The van der Waals surface area contributed by atoms with Gasteiger partial charge in [0.1, 0.15) is 0 Å². The van der Waals surface area contributed by atoms with Crippen molar-refractivity contribution in [3.8, 4) is 5.82 Å². The molecule has 2 aromatic heterocycles. The molecule has 0 amide bonds. The van der Waals surface area contributed by atoms with E-state index in [0.29, 0.717) is 0 Å². The van der Waals surface area contributed by atoms with Crippen molar-refractivity contribution in [3.63, 3.8) is 0 Å². The van der Waals surface area contributed by atoms with Crippen LogP contribution < -0.4 is 0 Å². The second-order valence-corrected chi connectivity index (χ2v) is 4.64. The van der Waals surface area contributed by atoms with Crippen LogP contribution >= 0.6 is 0 Å². The molecule has 6 nitrogen and oxygen atoms in total. The SMILES string of the molecule is Cc1cccc(-n2nnnc2CN2CC=CCC2)n1. The van der Waals surface area contributed by atoms with Crippen LogP contribution in [-0.4, -0.2) is 43.2 Å². The van der Waals surface area contributed by atoms with Gasteiger partial charge in [-0.05, 0) is 35.9 Å². The first-order chi connectivity index (χ1) is 9.33. The molecule has 0 aliphatic carbocycles. The van der Waals surface area contributed by atoms with Gasteiger partial charge in [0.25, 0.3) is 0 Å². The summed E-state index contributed by atoms with van der Waals surface area (Å²) in [5.41, 5.74) is 0.958. The molecular weight excluding hydrogens is 240 g/mol. The molecule has 0 bridgehead atoms. The van der Waals surface area contributed by atoms with Gasteiger partial charge in [0.05, 0.1) is 6.54 Å². The normalized spacial score (nSPS) is 15.8. The number of aromatic nitrogens is 5. The largest absolute Gasteiger partial charge is 0.292 e. The fourth-order valence-electron chi connectivity index (χ4n) is 2.16. The fraction of sp³-hybridized carbons (Fsp3) is 0.385. The topological polar surface area (TPSA) is 59.7 Å². The highest BCUT2D eigenvalue weighted by atomic mass is 15.6. The van der Waals surface area contributed by atoms with E-state index in [2.05, 4.69) is 37.6 Å². The number of hydrogen-bond acceptors (Lipinski definition) is 5. The van der Waals surface area contributed by atoms with Crippen molar-refractivity contribution in [2.24, 2.45) is 0 Å². The van der Waals surface area contributed by atoms with Crippen molar-refractivity contribution in [2.45, 2.75) is 19.9 Å². The number of rotatable bonds is 3. The van der Waals surface area contributed by atoms with E-state index >= 15 is 0 Å². The van der Waals surface area contributed by atoms with E-state index in [-0.39, 0.29) is 0 Å². The van der Waals surface area contributed by atoms with E-state index in [0.717, 1.165) is 43.4 Å².